The fourth-order valence-electron chi connectivity index (χ4n) is 5.12. The van der Waals surface area contributed by atoms with Gasteiger partial charge in [-0.2, -0.15) is 4.31 Å². The first-order valence-electron chi connectivity index (χ1n) is 9.47. The van der Waals surface area contributed by atoms with E-state index in [1.807, 2.05) is 0 Å². The Balaban J connectivity index is 1.57. The van der Waals surface area contributed by atoms with Crippen molar-refractivity contribution in [2.24, 2.45) is 11.8 Å². The number of sulfonamides is 1. The molecule has 3 aliphatic rings. The van der Waals surface area contributed by atoms with E-state index in [1.54, 1.807) is 18.2 Å². The van der Waals surface area contributed by atoms with Gasteiger partial charge in [0.05, 0.1) is 4.90 Å². The highest BCUT2D eigenvalue weighted by Gasteiger charge is 2.57. The molecule has 8 heteroatoms. The highest BCUT2D eigenvalue weighted by Crippen LogP contribution is 2.51. The molecular formula is C19H24N2O5S. The molecule has 1 saturated heterocycles. The average Bonchev–Trinajstić information content (AvgIpc) is 3.38. The molecule has 1 aromatic rings. The number of carbonyl (C=O) groups excluding carboxylic acids is 1. The van der Waals surface area contributed by atoms with Crippen LogP contribution in [0.25, 0.3) is 0 Å². The van der Waals surface area contributed by atoms with Gasteiger partial charge in [-0.3, -0.25) is 4.79 Å². The first-order chi connectivity index (χ1) is 12.8. The molecule has 2 N–H and O–H groups in total. The molecule has 4 atom stereocenters. The monoisotopic (exact) mass is 392 g/mol. The molecule has 1 amide bonds. The maximum Gasteiger partial charge on any atom is 0.329 e. The van der Waals surface area contributed by atoms with Crippen LogP contribution in [0.4, 0.5) is 0 Å². The van der Waals surface area contributed by atoms with E-state index in [-0.39, 0.29) is 17.4 Å². The van der Waals surface area contributed by atoms with Gasteiger partial charge >= 0.3 is 5.97 Å². The van der Waals surface area contributed by atoms with Gasteiger partial charge in [0.2, 0.25) is 15.9 Å². The van der Waals surface area contributed by atoms with Gasteiger partial charge in [-0.05, 0) is 62.5 Å². The molecule has 0 radical (unpaired) electrons. The summed E-state index contributed by atoms with van der Waals surface area (Å²) in [4.78, 5) is 25.2. The van der Waals surface area contributed by atoms with Crippen molar-refractivity contribution < 1.29 is 23.1 Å². The number of carbonyl (C=O) groups is 2. The van der Waals surface area contributed by atoms with Gasteiger partial charge in [-0.25, -0.2) is 13.2 Å². The Hall–Kier alpha value is -1.93. The lowest BCUT2D eigenvalue weighted by Gasteiger charge is -2.36. The van der Waals surface area contributed by atoms with Crippen LogP contribution in [0.5, 0.6) is 0 Å². The molecular weight excluding hydrogens is 368 g/mol. The van der Waals surface area contributed by atoms with Crippen LogP contribution in [0, 0.1) is 11.8 Å². The van der Waals surface area contributed by atoms with E-state index in [9.17, 15) is 23.1 Å². The lowest BCUT2D eigenvalue weighted by Crippen LogP contribution is -2.61. The Morgan fingerprint density at radius 2 is 1.89 bits per heavy atom. The number of carboxylic acid groups (broad SMARTS) is 1. The van der Waals surface area contributed by atoms with Crippen LogP contribution in [0.3, 0.4) is 0 Å². The molecule has 2 bridgehead atoms. The highest BCUT2D eigenvalue weighted by atomic mass is 32.2. The summed E-state index contributed by atoms with van der Waals surface area (Å²) in [7, 11) is -3.79. The maximum atomic E-state index is 13.0. The third-order valence-electron chi connectivity index (χ3n) is 6.43. The van der Waals surface area contributed by atoms with Crippen LogP contribution in [-0.2, 0) is 19.6 Å². The van der Waals surface area contributed by atoms with Crippen LogP contribution in [0.1, 0.15) is 38.5 Å². The summed E-state index contributed by atoms with van der Waals surface area (Å²) in [5.41, 5.74) is -1.25. The van der Waals surface area contributed by atoms with Crippen LogP contribution < -0.4 is 5.32 Å². The van der Waals surface area contributed by atoms with Gasteiger partial charge in [0.1, 0.15) is 11.6 Å². The molecule has 2 saturated carbocycles. The molecule has 1 heterocycles. The zero-order valence-electron chi connectivity index (χ0n) is 15.0. The minimum atomic E-state index is -3.79. The number of nitrogens with zero attached hydrogens (tertiary/aromatic N) is 1. The summed E-state index contributed by atoms with van der Waals surface area (Å²) in [6.07, 6.45) is 4.06. The van der Waals surface area contributed by atoms with Crippen molar-refractivity contribution in [2.75, 3.05) is 6.54 Å². The van der Waals surface area contributed by atoms with Gasteiger partial charge in [-0.15, -0.1) is 0 Å². The minimum Gasteiger partial charge on any atom is -0.479 e. The second-order valence-electron chi connectivity index (χ2n) is 7.93. The van der Waals surface area contributed by atoms with Gasteiger partial charge in [-0.1, -0.05) is 18.2 Å². The lowest BCUT2D eigenvalue weighted by atomic mass is 9.80. The number of nitrogens with one attached hydrogen (secondary N) is 1. The summed E-state index contributed by atoms with van der Waals surface area (Å²) in [5, 5.41) is 12.6. The standard InChI is InChI=1S/C19H24N2O5S/c22-17(20-19(18(23)24)12-13-8-9-14(19)11-13)16-7-4-10-21(16)27(25,26)15-5-2-1-3-6-15/h1-3,5-6,13-14,16H,4,7-12H2,(H,20,22)(H,23,24)/t13?,14?,16-,19?/m0/s1. The van der Waals surface area contributed by atoms with Crippen molar-refractivity contribution in [3.05, 3.63) is 30.3 Å². The predicted molar refractivity (Wildman–Crippen MR) is 97.3 cm³/mol. The number of aliphatic carboxylic acids is 1. The summed E-state index contributed by atoms with van der Waals surface area (Å²) in [6, 6.07) is 7.19. The second-order valence-corrected chi connectivity index (χ2v) is 9.82. The molecule has 3 unspecified atom stereocenters. The molecule has 3 fully saturated rings. The Morgan fingerprint density at radius 3 is 2.48 bits per heavy atom. The molecule has 0 spiro atoms. The fourth-order valence-corrected chi connectivity index (χ4v) is 6.80. The normalized spacial score (nSPS) is 33.3. The quantitative estimate of drug-likeness (QED) is 0.792. The van der Waals surface area contributed by atoms with Crippen molar-refractivity contribution in [1.82, 2.24) is 9.62 Å². The van der Waals surface area contributed by atoms with Gasteiger partial charge < -0.3 is 10.4 Å². The Kier molecular flexibility index (Phi) is 4.50. The largest absolute Gasteiger partial charge is 0.479 e. The number of hydrogen-bond acceptors (Lipinski definition) is 4. The van der Waals surface area contributed by atoms with Crippen LogP contribution >= 0.6 is 0 Å². The van der Waals surface area contributed by atoms with Gasteiger partial charge in [0, 0.05) is 6.54 Å². The third kappa shape index (κ3) is 2.95. The Labute approximate surface area is 158 Å². The molecule has 0 aromatic heterocycles. The highest BCUT2D eigenvalue weighted by molar-refractivity contribution is 7.89. The third-order valence-corrected chi connectivity index (χ3v) is 8.36. The van der Waals surface area contributed by atoms with Crippen molar-refractivity contribution in [1.29, 1.82) is 0 Å². The number of amides is 1. The van der Waals surface area contributed by atoms with Crippen LogP contribution in [-0.4, -0.2) is 47.8 Å². The van der Waals surface area contributed by atoms with Gasteiger partial charge in [0.25, 0.3) is 0 Å². The first kappa shape index (κ1) is 18.4. The van der Waals surface area contributed by atoms with Crippen LogP contribution in [0.2, 0.25) is 0 Å². The first-order valence-corrected chi connectivity index (χ1v) is 10.9. The van der Waals surface area contributed by atoms with E-state index in [1.165, 1.54) is 16.4 Å². The topological polar surface area (TPSA) is 104 Å². The summed E-state index contributed by atoms with van der Waals surface area (Å²) >= 11 is 0. The van der Waals surface area contributed by atoms with Crippen molar-refractivity contribution >= 4 is 21.9 Å². The van der Waals surface area contributed by atoms with Crippen molar-refractivity contribution in [3.8, 4) is 0 Å². The SMILES string of the molecule is O=C(NC1(C(=O)O)CC2CCC1C2)[C@@H]1CCCN1S(=O)(=O)c1ccccc1. The van der Waals surface area contributed by atoms with E-state index < -0.39 is 33.5 Å². The number of fused-ring (bicyclic) bond motifs is 2. The van der Waals surface area contributed by atoms with Gasteiger partial charge in [0.15, 0.2) is 0 Å². The summed E-state index contributed by atoms with van der Waals surface area (Å²) < 4.78 is 27.1. The number of hydrogen-bond donors (Lipinski definition) is 2. The smallest absolute Gasteiger partial charge is 0.329 e. The van der Waals surface area contributed by atoms with Crippen molar-refractivity contribution in [3.63, 3.8) is 0 Å². The minimum absolute atomic E-state index is 0.0652. The molecule has 27 heavy (non-hydrogen) atoms. The molecule has 1 aromatic carbocycles. The van der Waals surface area contributed by atoms with E-state index in [0.29, 0.717) is 25.2 Å². The number of benzene rings is 1. The fraction of sp³-hybridized carbons (Fsp3) is 0.579. The second kappa shape index (κ2) is 6.60. The van der Waals surface area contributed by atoms with E-state index in [4.69, 9.17) is 0 Å². The zero-order valence-corrected chi connectivity index (χ0v) is 15.8. The van der Waals surface area contributed by atoms with E-state index >= 15 is 0 Å². The molecule has 7 nitrogen and oxygen atoms in total. The molecule has 146 valence electrons. The molecule has 4 rings (SSSR count). The molecule has 1 aliphatic heterocycles. The Morgan fingerprint density at radius 1 is 1.15 bits per heavy atom. The Bertz CT molecular complexity index is 856. The van der Waals surface area contributed by atoms with Crippen molar-refractivity contribution in [2.45, 2.75) is 55.0 Å². The zero-order chi connectivity index (χ0) is 19.2. The molecule has 2 aliphatic carbocycles. The number of carboxylic acids is 1. The summed E-state index contributed by atoms with van der Waals surface area (Å²) in [5.74, 6) is -1.22. The lowest BCUT2D eigenvalue weighted by molar-refractivity contribution is -0.150. The number of rotatable bonds is 5. The van der Waals surface area contributed by atoms with E-state index in [2.05, 4.69) is 5.32 Å². The average molecular weight is 392 g/mol. The predicted octanol–water partition coefficient (Wildman–Crippen LogP) is 1.60. The van der Waals surface area contributed by atoms with Crippen LogP contribution in [0.15, 0.2) is 35.2 Å². The summed E-state index contributed by atoms with van der Waals surface area (Å²) in [6.45, 7) is 0.265. The maximum absolute atomic E-state index is 13.0. The van der Waals surface area contributed by atoms with E-state index in [0.717, 1.165) is 19.3 Å².